The van der Waals surface area contributed by atoms with Crippen molar-refractivity contribution in [1.29, 1.82) is 0 Å². The standard InChI is InChI=1S/C18H13N5O6S/c1-30(26,27)16-9-13-11(7-14(16)28-10-5-3-2-4-6-10)12(24)8-15(29-13)17(25)19-18-20-22-23-21-18/h2-9H,1H3,(H2,19,20,21,22,23,25). The number of nitrogens with one attached hydrogen (secondary N) is 2. The number of hydrogen-bond donors (Lipinski definition) is 2. The van der Waals surface area contributed by atoms with Gasteiger partial charge in [-0.05, 0) is 23.4 Å². The summed E-state index contributed by atoms with van der Waals surface area (Å²) in [6.45, 7) is 0. The highest BCUT2D eigenvalue weighted by atomic mass is 32.2. The maximum Gasteiger partial charge on any atom is 0.293 e. The number of nitrogens with zero attached hydrogens (tertiary/aromatic N) is 3. The molecule has 11 nitrogen and oxygen atoms in total. The fourth-order valence-corrected chi connectivity index (χ4v) is 3.43. The van der Waals surface area contributed by atoms with Crippen LogP contribution in [0.2, 0.25) is 0 Å². The summed E-state index contributed by atoms with van der Waals surface area (Å²) >= 11 is 0. The fraction of sp³-hybridized carbons (Fsp3) is 0.0556. The zero-order valence-electron chi connectivity index (χ0n) is 15.3. The second-order valence-electron chi connectivity index (χ2n) is 6.15. The van der Waals surface area contributed by atoms with Gasteiger partial charge >= 0.3 is 0 Å². The van der Waals surface area contributed by atoms with Gasteiger partial charge in [0.1, 0.15) is 22.0 Å². The van der Waals surface area contributed by atoms with Gasteiger partial charge in [0, 0.05) is 18.4 Å². The highest BCUT2D eigenvalue weighted by Gasteiger charge is 2.21. The Labute approximate surface area is 168 Å². The Morgan fingerprint density at radius 3 is 2.60 bits per heavy atom. The molecule has 4 rings (SSSR count). The van der Waals surface area contributed by atoms with Crippen molar-refractivity contribution in [3.8, 4) is 11.5 Å². The zero-order chi connectivity index (χ0) is 21.3. The Kier molecular flexibility index (Phi) is 4.75. The van der Waals surface area contributed by atoms with Gasteiger partial charge in [0.05, 0.1) is 5.39 Å². The van der Waals surface area contributed by atoms with Gasteiger partial charge in [0.2, 0.25) is 0 Å². The first-order valence-corrected chi connectivity index (χ1v) is 10.3. The van der Waals surface area contributed by atoms with E-state index in [4.69, 9.17) is 9.15 Å². The van der Waals surface area contributed by atoms with E-state index in [1.165, 1.54) is 6.07 Å². The van der Waals surface area contributed by atoms with E-state index in [2.05, 4.69) is 25.9 Å². The molecule has 2 N–H and O–H groups in total. The maximum atomic E-state index is 12.6. The molecule has 0 aliphatic rings. The lowest BCUT2D eigenvalue weighted by Crippen LogP contribution is -2.16. The second kappa shape index (κ2) is 7.40. The van der Waals surface area contributed by atoms with Crippen LogP contribution in [0.4, 0.5) is 5.95 Å². The molecule has 0 aliphatic carbocycles. The van der Waals surface area contributed by atoms with E-state index in [9.17, 15) is 18.0 Å². The predicted octanol–water partition coefficient (Wildman–Crippen LogP) is 1.75. The van der Waals surface area contributed by atoms with Crippen LogP contribution >= 0.6 is 0 Å². The molecule has 0 saturated carbocycles. The summed E-state index contributed by atoms with van der Waals surface area (Å²) in [4.78, 5) is 24.7. The smallest absolute Gasteiger partial charge is 0.293 e. The molecule has 2 aromatic carbocycles. The van der Waals surface area contributed by atoms with Gasteiger partial charge in [-0.3, -0.25) is 14.9 Å². The van der Waals surface area contributed by atoms with Gasteiger partial charge in [-0.2, -0.15) is 5.21 Å². The molecule has 4 aromatic rings. The molecule has 2 aromatic heterocycles. The van der Waals surface area contributed by atoms with Crippen LogP contribution in [0, 0.1) is 0 Å². The summed E-state index contributed by atoms with van der Waals surface area (Å²) < 4.78 is 35.8. The number of aromatic nitrogens is 4. The SMILES string of the molecule is CS(=O)(=O)c1cc2oc(C(=O)Nc3nn[nH]n3)cc(=O)c2cc1Oc1ccccc1. The van der Waals surface area contributed by atoms with E-state index in [1.807, 2.05) is 0 Å². The molecule has 152 valence electrons. The molecule has 2 heterocycles. The van der Waals surface area contributed by atoms with Crippen molar-refractivity contribution in [1.82, 2.24) is 20.6 Å². The molecule has 0 unspecified atom stereocenters. The third-order valence-corrected chi connectivity index (χ3v) is 5.08. The number of amides is 1. The van der Waals surface area contributed by atoms with Gasteiger partial charge in [-0.25, -0.2) is 8.42 Å². The molecule has 12 heteroatoms. The molecule has 0 saturated heterocycles. The summed E-state index contributed by atoms with van der Waals surface area (Å²) in [6.07, 6.45) is 0.997. The summed E-state index contributed by atoms with van der Waals surface area (Å²) in [6, 6.07) is 11.9. The van der Waals surface area contributed by atoms with E-state index in [1.54, 1.807) is 30.3 Å². The number of tetrazole rings is 1. The van der Waals surface area contributed by atoms with Crippen LogP contribution in [0.3, 0.4) is 0 Å². The first-order valence-electron chi connectivity index (χ1n) is 8.41. The summed E-state index contributed by atoms with van der Waals surface area (Å²) in [5.41, 5.74) is -0.658. The maximum absolute atomic E-state index is 12.6. The predicted molar refractivity (Wildman–Crippen MR) is 104 cm³/mol. The molecular weight excluding hydrogens is 414 g/mol. The van der Waals surface area contributed by atoms with Gasteiger partial charge in [0.15, 0.2) is 21.0 Å². The van der Waals surface area contributed by atoms with Gasteiger partial charge in [-0.1, -0.05) is 23.3 Å². The molecule has 0 fully saturated rings. The van der Waals surface area contributed by atoms with Crippen LogP contribution in [0.25, 0.3) is 11.0 Å². The highest BCUT2D eigenvalue weighted by molar-refractivity contribution is 7.90. The number of ether oxygens (including phenoxy) is 1. The Balaban J connectivity index is 1.82. The van der Waals surface area contributed by atoms with E-state index >= 15 is 0 Å². The number of carbonyl (C=O) groups excluding carboxylic acids is 1. The van der Waals surface area contributed by atoms with Crippen molar-refractivity contribution in [3.05, 3.63) is 64.5 Å². The highest BCUT2D eigenvalue weighted by Crippen LogP contribution is 2.32. The lowest BCUT2D eigenvalue weighted by atomic mass is 10.2. The molecule has 1 amide bonds. The van der Waals surface area contributed by atoms with Crippen LogP contribution in [-0.4, -0.2) is 41.2 Å². The van der Waals surface area contributed by atoms with E-state index in [0.717, 1.165) is 18.4 Å². The number of aromatic amines is 1. The Hall–Kier alpha value is -4.06. The summed E-state index contributed by atoms with van der Waals surface area (Å²) in [5.74, 6) is -0.921. The third-order valence-electron chi connectivity index (χ3n) is 3.96. The van der Waals surface area contributed by atoms with Crippen molar-refractivity contribution < 1.29 is 22.4 Å². The lowest BCUT2D eigenvalue weighted by molar-refractivity contribution is 0.0996. The zero-order valence-corrected chi connectivity index (χ0v) is 16.1. The van der Waals surface area contributed by atoms with Crippen LogP contribution in [-0.2, 0) is 9.84 Å². The van der Waals surface area contributed by atoms with Gasteiger partial charge in [-0.15, -0.1) is 5.10 Å². The van der Waals surface area contributed by atoms with Crippen molar-refractivity contribution in [3.63, 3.8) is 0 Å². The van der Waals surface area contributed by atoms with Gasteiger partial charge < -0.3 is 9.15 Å². The average molecular weight is 427 g/mol. The van der Waals surface area contributed by atoms with Crippen LogP contribution in [0.1, 0.15) is 10.6 Å². The normalized spacial score (nSPS) is 11.4. The van der Waals surface area contributed by atoms with E-state index in [-0.39, 0.29) is 33.3 Å². The average Bonchev–Trinajstić information content (AvgIpc) is 3.21. The Bertz CT molecular complexity index is 1400. The molecule has 0 aliphatic heterocycles. The molecule has 0 radical (unpaired) electrons. The quantitative estimate of drug-likeness (QED) is 0.484. The van der Waals surface area contributed by atoms with Crippen molar-refractivity contribution in [2.75, 3.05) is 11.6 Å². The Morgan fingerprint density at radius 1 is 1.17 bits per heavy atom. The molecule has 0 bridgehead atoms. The van der Waals surface area contributed by atoms with Crippen molar-refractivity contribution in [2.24, 2.45) is 0 Å². The lowest BCUT2D eigenvalue weighted by Gasteiger charge is -2.11. The molecule has 0 atom stereocenters. The van der Waals surface area contributed by atoms with Gasteiger partial charge in [0.25, 0.3) is 11.9 Å². The monoisotopic (exact) mass is 427 g/mol. The largest absolute Gasteiger partial charge is 0.456 e. The molecule has 0 spiro atoms. The van der Waals surface area contributed by atoms with Crippen LogP contribution in [0.15, 0.2) is 62.6 Å². The Morgan fingerprint density at radius 2 is 1.93 bits per heavy atom. The minimum Gasteiger partial charge on any atom is -0.456 e. The van der Waals surface area contributed by atoms with E-state index in [0.29, 0.717) is 5.75 Å². The number of sulfone groups is 1. The summed E-state index contributed by atoms with van der Waals surface area (Å²) in [7, 11) is -3.75. The molecule has 30 heavy (non-hydrogen) atoms. The van der Waals surface area contributed by atoms with Crippen LogP contribution < -0.4 is 15.5 Å². The summed E-state index contributed by atoms with van der Waals surface area (Å²) in [5, 5.41) is 14.9. The minimum absolute atomic E-state index is 0.0347. The number of para-hydroxylation sites is 1. The first-order chi connectivity index (χ1) is 14.3. The number of benzene rings is 2. The number of fused-ring (bicyclic) bond motifs is 1. The number of hydrogen-bond acceptors (Lipinski definition) is 9. The molecular formula is C18H13N5O6S. The van der Waals surface area contributed by atoms with Crippen molar-refractivity contribution in [2.45, 2.75) is 4.90 Å². The fourth-order valence-electron chi connectivity index (χ4n) is 2.64. The number of carbonyl (C=O) groups is 1. The topological polar surface area (TPSA) is 157 Å². The second-order valence-corrected chi connectivity index (χ2v) is 8.13. The van der Waals surface area contributed by atoms with Crippen LogP contribution in [0.5, 0.6) is 11.5 Å². The number of H-pyrrole nitrogens is 1. The van der Waals surface area contributed by atoms with E-state index < -0.39 is 21.2 Å². The number of anilines is 1. The minimum atomic E-state index is -3.75. The third kappa shape index (κ3) is 3.89. The number of rotatable bonds is 5. The first kappa shape index (κ1) is 19.3. The van der Waals surface area contributed by atoms with Crippen molar-refractivity contribution >= 4 is 32.7 Å².